The molecule has 4 aromatic rings. The van der Waals surface area contributed by atoms with Crippen molar-refractivity contribution in [2.75, 3.05) is 17.4 Å². The maximum atomic E-state index is 14.7. The maximum absolute atomic E-state index is 14.7. The molecule has 4 aromatic carbocycles. The lowest BCUT2D eigenvalue weighted by Gasteiger charge is -2.34. The van der Waals surface area contributed by atoms with Crippen molar-refractivity contribution in [2.45, 2.75) is 51.6 Å². The van der Waals surface area contributed by atoms with Crippen molar-refractivity contribution >= 4 is 62.3 Å². The quantitative estimate of drug-likeness (QED) is 0.153. The Morgan fingerprint density at radius 3 is 2.09 bits per heavy atom. The van der Waals surface area contributed by atoms with E-state index in [0.717, 1.165) is 15.4 Å². The van der Waals surface area contributed by atoms with E-state index in [0.29, 0.717) is 32.7 Å². The fourth-order valence-corrected chi connectivity index (χ4v) is 7.19. The van der Waals surface area contributed by atoms with Gasteiger partial charge in [-0.15, -0.1) is 0 Å². The normalized spacial score (nSPS) is 12.1. The number of sulfonamides is 1. The highest BCUT2D eigenvalue weighted by molar-refractivity contribution is 7.92. The molecule has 0 bridgehead atoms. The molecule has 0 radical (unpaired) electrons. The number of halogens is 3. The Bertz CT molecular complexity index is 1800. The summed E-state index contributed by atoms with van der Waals surface area (Å²) in [5, 5.41) is 3.89. The van der Waals surface area contributed by atoms with E-state index in [4.69, 9.17) is 34.8 Å². The summed E-state index contributed by atoms with van der Waals surface area (Å²) < 4.78 is 29.6. The third-order valence-electron chi connectivity index (χ3n) is 7.67. The highest BCUT2D eigenvalue weighted by Crippen LogP contribution is 2.31. The minimum absolute atomic E-state index is 0.00601. The minimum atomic E-state index is -4.28. The van der Waals surface area contributed by atoms with E-state index in [9.17, 15) is 18.0 Å². The standard InChI is InChI=1S/C36H38Cl3N3O4S/c1-24(2)21-40-36(44)34(19-27-9-6-5-7-10-27)41(22-30-31(38)11-8-12-32(30)39)35(43)23-42(33-20-28(37)16-15-26(33)4)47(45,46)29-17-13-25(3)14-18-29/h5-18,20,24,34H,19,21-23H2,1-4H3,(H,40,44)/t34-/m1/s1. The second-order valence-electron chi connectivity index (χ2n) is 11.8. The number of amides is 2. The predicted octanol–water partition coefficient (Wildman–Crippen LogP) is 7.87. The van der Waals surface area contributed by atoms with E-state index >= 15 is 0 Å². The fourth-order valence-electron chi connectivity index (χ4n) is 5.03. The van der Waals surface area contributed by atoms with Crippen LogP contribution in [0.1, 0.15) is 36.1 Å². The number of carbonyl (C=O) groups is 2. The van der Waals surface area contributed by atoms with Gasteiger partial charge < -0.3 is 10.2 Å². The van der Waals surface area contributed by atoms with Gasteiger partial charge in [-0.2, -0.15) is 0 Å². The molecule has 0 aliphatic heterocycles. The number of benzene rings is 4. The summed E-state index contributed by atoms with van der Waals surface area (Å²) in [5.41, 5.74) is 2.96. The molecule has 4 rings (SSSR count). The van der Waals surface area contributed by atoms with Crippen LogP contribution in [0, 0.1) is 19.8 Å². The van der Waals surface area contributed by atoms with Crippen LogP contribution in [0.5, 0.6) is 0 Å². The topological polar surface area (TPSA) is 86.8 Å². The second kappa shape index (κ2) is 16.0. The molecule has 0 aliphatic carbocycles. The largest absolute Gasteiger partial charge is 0.354 e. The summed E-state index contributed by atoms with van der Waals surface area (Å²) >= 11 is 19.5. The van der Waals surface area contributed by atoms with Gasteiger partial charge in [-0.05, 0) is 67.3 Å². The third kappa shape index (κ3) is 9.29. The molecule has 0 unspecified atom stereocenters. The van der Waals surface area contributed by atoms with Crippen LogP contribution in [0.25, 0.3) is 0 Å². The second-order valence-corrected chi connectivity index (χ2v) is 14.9. The number of hydrogen-bond donors (Lipinski definition) is 1. The first-order valence-corrected chi connectivity index (χ1v) is 17.7. The van der Waals surface area contributed by atoms with Crippen molar-refractivity contribution in [3.05, 3.63) is 128 Å². The summed E-state index contributed by atoms with van der Waals surface area (Å²) in [6.07, 6.45) is 0.166. The lowest BCUT2D eigenvalue weighted by atomic mass is 10.0. The van der Waals surface area contributed by atoms with Crippen molar-refractivity contribution in [1.82, 2.24) is 10.2 Å². The van der Waals surface area contributed by atoms with Gasteiger partial charge in [0.05, 0.1) is 10.6 Å². The fraction of sp³-hybridized carbons (Fsp3) is 0.278. The number of rotatable bonds is 13. The predicted molar refractivity (Wildman–Crippen MR) is 191 cm³/mol. The monoisotopic (exact) mass is 713 g/mol. The van der Waals surface area contributed by atoms with Crippen molar-refractivity contribution in [3.63, 3.8) is 0 Å². The lowest BCUT2D eigenvalue weighted by molar-refractivity contribution is -0.140. The van der Waals surface area contributed by atoms with E-state index in [-0.39, 0.29) is 35.4 Å². The maximum Gasteiger partial charge on any atom is 0.264 e. The van der Waals surface area contributed by atoms with E-state index in [2.05, 4.69) is 5.32 Å². The third-order valence-corrected chi connectivity index (χ3v) is 10.4. The number of hydrogen-bond acceptors (Lipinski definition) is 4. The number of carbonyl (C=O) groups excluding carboxylic acids is 2. The van der Waals surface area contributed by atoms with Gasteiger partial charge in [-0.1, -0.05) is 109 Å². The lowest BCUT2D eigenvalue weighted by Crippen LogP contribution is -2.54. The van der Waals surface area contributed by atoms with Crippen LogP contribution in [-0.4, -0.2) is 44.3 Å². The first kappa shape index (κ1) is 36.3. The van der Waals surface area contributed by atoms with Gasteiger partial charge in [0.1, 0.15) is 12.6 Å². The molecule has 248 valence electrons. The molecule has 0 spiro atoms. The molecular weight excluding hydrogens is 677 g/mol. The SMILES string of the molecule is Cc1ccc(S(=O)(=O)N(CC(=O)N(Cc2c(Cl)cccc2Cl)[C@H](Cc2ccccc2)C(=O)NCC(C)C)c2cc(Cl)ccc2C)cc1. The summed E-state index contributed by atoms with van der Waals surface area (Å²) in [6.45, 7) is 7.16. The molecule has 7 nitrogen and oxygen atoms in total. The Kier molecular flexibility index (Phi) is 12.4. The van der Waals surface area contributed by atoms with Crippen molar-refractivity contribution in [1.29, 1.82) is 0 Å². The van der Waals surface area contributed by atoms with Gasteiger partial charge >= 0.3 is 0 Å². The van der Waals surface area contributed by atoms with Crippen LogP contribution in [-0.2, 0) is 32.6 Å². The summed E-state index contributed by atoms with van der Waals surface area (Å²) in [5.74, 6) is -0.859. The molecule has 11 heteroatoms. The van der Waals surface area contributed by atoms with Gasteiger partial charge in [0, 0.05) is 40.1 Å². The Labute approximate surface area is 292 Å². The molecule has 0 fully saturated rings. The van der Waals surface area contributed by atoms with Crippen LogP contribution >= 0.6 is 34.8 Å². The highest BCUT2D eigenvalue weighted by atomic mass is 35.5. The summed E-state index contributed by atoms with van der Waals surface area (Å²) in [6, 6.07) is 24.5. The first-order chi connectivity index (χ1) is 22.3. The van der Waals surface area contributed by atoms with Gasteiger partial charge in [0.2, 0.25) is 11.8 Å². The summed E-state index contributed by atoms with van der Waals surface area (Å²) in [7, 11) is -4.28. The number of anilines is 1. The van der Waals surface area contributed by atoms with Crippen molar-refractivity contribution in [2.24, 2.45) is 5.92 Å². The molecule has 0 heterocycles. The molecule has 1 atom stereocenters. The van der Waals surface area contributed by atoms with Gasteiger partial charge in [-0.3, -0.25) is 13.9 Å². The van der Waals surface area contributed by atoms with E-state index in [1.54, 1.807) is 49.4 Å². The highest BCUT2D eigenvalue weighted by Gasteiger charge is 2.35. The summed E-state index contributed by atoms with van der Waals surface area (Å²) in [4.78, 5) is 30.0. The molecule has 2 amide bonds. The number of nitrogens with zero attached hydrogens (tertiary/aromatic N) is 2. The Balaban J connectivity index is 1.86. The Morgan fingerprint density at radius 1 is 0.830 bits per heavy atom. The smallest absolute Gasteiger partial charge is 0.264 e. The molecule has 0 aromatic heterocycles. The molecule has 0 saturated carbocycles. The molecule has 47 heavy (non-hydrogen) atoms. The minimum Gasteiger partial charge on any atom is -0.354 e. The molecule has 0 aliphatic rings. The van der Waals surface area contributed by atoms with Crippen LogP contribution in [0.4, 0.5) is 5.69 Å². The zero-order valence-corrected chi connectivity index (χ0v) is 29.8. The van der Waals surface area contributed by atoms with Gasteiger partial charge in [0.15, 0.2) is 0 Å². The van der Waals surface area contributed by atoms with E-state index < -0.39 is 28.5 Å². The van der Waals surface area contributed by atoms with E-state index in [1.165, 1.54) is 23.1 Å². The van der Waals surface area contributed by atoms with Crippen molar-refractivity contribution < 1.29 is 18.0 Å². The van der Waals surface area contributed by atoms with E-state index in [1.807, 2.05) is 51.1 Å². The number of aryl methyl sites for hydroxylation is 2. The van der Waals surface area contributed by atoms with Crippen LogP contribution in [0.2, 0.25) is 15.1 Å². The number of nitrogens with one attached hydrogen (secondary N) is 1. The first-order valence-electron chi connectivity index (χ1n) is 15.2. The zero-order chi connectivity index (χ0) is 34.3. The molecule has 1 N–H and O–H groups in total. The molecule has 0 saturated heterocycles. The van der Waals surface area contributed by atoms with Crippen LogP contribution < -0.4 is 9.62 Å². The average Bonchev–Trinajstić information content (AvgIpc) is 3.03. The van der Waals surface area contributed by atoms with Crippen LogP contribution in [0.3, 0.4) is 0 Å². The Morgan fingerprint density at radius 2 is 1.47 bits per heavy atom. The zero-order valence-electron chi connectivity index (χ0n) is 26.7. The van der Waals surface area contributed by atoms with Crippen LogP contribution in [0.15, 0.2) is 95.9 Å². The Hall–Kier alpha value is -3.56. The molecular formula is C36H38Cl3N3O4S. The van der Waals surface area contributed by atoms with Gasteiger partial charge in [-0.25, -0.2) is 8.42 Å². The average molecular weight is 715 g/mol. The van der Waals surface area contributed by atoms with Crippen molar-refractivity contribution in [3.8, 4) is 0 Å². The van der Waals surface area contributed by atoms with Gasteiger partial charge in [0.25, 0.3) is 10.0 Å².